The lowest BCUT2D eigenvalue weighted by Gasteiger charge is -2.13. The molecule has 0 aromatic heterocycles. The Morgan fingerprint density at radius 2 is 1.87 bits per heavy atom. The van der Waals surface area contributed by atoms with Crippen LogP contribution in [0.15, 0.2) is 30.3 Å². The van der Waals surface area contributed by atoms with Crippen LogP contribution in [0.25, 0.3) is 0 Å². The Bertz CT molecular complexity index is 346. The number of aliphatic carboxylic acids is 1. The number of ether oxygens (including phenoxy) is 2. The number of carboxylic acids is 1. The third kappa shape index (κ3) is 3.68. The Morgan fingerprint density at radius 3 is 2.33 bits per heavy atom. The molecule has 0 aliphatic rings. The third-order valence-corrected chi connectivity index (χ3v) is 1.46. The molecule has 1 unspecified atom stereocenters. The molecular weight excluding hydrogens is 200 g/mol. The molecule has 0 aliphatic carbocycles. The summed E-state index contributed by atoms with van der Waals surface area (Å²) in [5.74, 6) is -1.74. The fourth-order valence-electron chi connectivity index (χ4n) is 0.898. The second-order valence-corrected chi connectivity index (χ2v) is 2.71. The van der Waals surface area contributed by atoms with E-state index in [0.29, 0.717) is 5.75 Å². The molecule has 1 atom stereocenters. The molecule has 5 nitrogen and oxygen atoms in total. The van der Waals surface area contributed by atoms with E-state index in [0.717, 1.165) is 6.92 Å². The van der Waals surface area contributed by atoms with Crippen LogP contribution in [0.1, 0.15) is 6.92 Å². The fraction of sp³-hybridized carbons (Fsp3) is 0.200. The average molecular weight is 210 g/mol. The van der Waals surface area contributed by atoms with Crippen molar-refractivity contribution in [1.82, 2.24) is 0 Å². The predicted molar refractivity (Wildman–Crippen MR) is 50.3 cm³/mol. The number of carbonyl (C=O) groups is 2. The molecular formula is C10H10O5. The smallest absolute Gasteiger partial charge is 0.387 e. The van der Waals surface area contributed by atoms with Gasteiger partial charge in [-0.2, -0.15) is 0 Å². The van der Waals surface area contributed by atoms with Crippen LogP contribution >= 0.6 is 0 Å². The van der Waals surface area contributed by atoms with Crippen LogP contribution in [0.5, 0.6) is 5.75 Å². The Morgan fingerprint density at radius 1 is 1.27 bits per heavy atom. The number of carboxylic acid groups (broad SMARTS) is 1. The monoisotopic (exact) mass is 210 g/mol. The zero-order valence-electron chi connectivity index (χ0n) is 8.04. The maximum atomic E-state index is 10.6. The Labute approximate surface area is 86.2 Å². The summed E-state index contributed by atoms with van der Waals surface area (Å²) in [6, 6.07) is 8.26. The first-order chi connectivity index (χ1) is 7.09. The summed E-state index contributed by atoms with van der Waals surface area (Å²) in [5.41, 5.74) is 0. The normalized spacial score (nSPS) is 11.5. The summed E-state index contributed by atoms with van der Waals surface area (Å²) in [5, 5.41) is 8.68. The van der Waals surface area contributed by atoms with Gasteiger partial charge in [0.15, 0.2) is 0 Å². The van der Waals surface area contributed by atoms with Crippen molar-refractivity contribution in [1.29, 1.82) is 0 Å². The molecule has 1 aromatic rings. The van der Waals surface area contributed by atoms with Gasteiger partial charge in [0.1, 0.15) is 5.75 Å². The number of hydrogen-bond acceptors (Lipinski definition) is 4. The van der Waals surface area contributed by atoms with Crippen LogP contribution in [0, 0.1) is 0 Å². The van der Waals surface area contributed by atoms with Crippen molar-refractivity contribution in [3.63, 3.8) is 0 Å². The van der Waals surface area contributed by atoms with E-state index < -0.39 is 18.2 Å². The van der Waals surface area contributed by atoms with Crippen LogP contribution < -0.4 is 4.74 Å². The maximum absolute atomic E-state index is 10.6. The van der Waals surface area contributed by atoms with Gasteiger partial charge >= 0.3 is 18.2 Å². The number of esters is 1. The molecule has 1 N–H and O–H groups in total. The second kappa shape index (κ2) is 4.99. The standard InChI is InChI=1S/C10H10O5/c1-7(11)14-10(9(12)13)15-8-5-3-2-4-6-8/h2-6,10H,1H3,(H,12,13). The van der Waals surface area contributed by atoms with Crippen LogP contribution in [-0.4, -0.2) is 23.3 Å². The molecule has 0 amide bonds. The van der Waals surface area contributed by atoms with Crippen molar-refractivity contribution in [2.24, 2.45) is 0 Å². The quantitative estimate of drug-likeness (QED) is 0.593. The van der Waals surface area contributed by atoms with Crippen molar-refractivity contribution in [3.05, 3.63) is 30.3 Å². The van der Waals surface area contributed by atoms with Gasteiger partial charge in [-0.25, -0.2) is 4.79 Å². The Kier molecular flexibility index (Phi) is 3.68. The molecule has 0 spiro atoms. The molecule has 0 saturated heterocycles. The van der Waals surface area contributed by atoms with E-state index in [1.54, 1.807) is 30.3 Å². The fourth-order valence-corrected chi connectivity index (χ4v) is 0.898. The lowest BCUT2D eigenvalue weighted by Crippen LogP contribution is -2.31. The van der Waals surface area contributed by atoms with E-state index in [9.17, 15) is 9.59 Å². The topological polar surface area (TPSA) is 72.8 Å². The SMILES string of the molecule is CC(=O)OC(Oc1ccccc1)C(=O)O. The van der Waals surface area contributed by atoms with E-state index >= 15 is 0 Å². The van der Waals surface area contributed by atoms with Gasteiger partial charge < -0.3 is 14.6 Å². The van der Waals surface area contributed by atoms with Gasteiger partial charge in [-0.3, -0.25) is 4.79 Å². The van der Waals surface area contributed by atoms with Gasteiger partial charge in [-0.15, -0.1) is 0 Å². The number of hydrogen-bond donors (Lipinski definition) is 1. The molecule has 0 aliphatic heterocycles. The summed E-state index contributed by atoms with van der Waals surface area (Å²) in [6.45, 7) is 1.12. The van der Waals surface area contributed by atoms with Crippen molar-refractivity contribution in [3.8, 4) is 5.75 Å². The molecule has 0 saturated carbocycles. The largest absolute Gasteiger partial charge is 0.476 e. The predicted octanol–water partition coefficient (Wildman–Crippen LogP) is 1.04. The maximum Gasteiger partial charge on any atom is 0.387 e. The van der Waals surface area contributed by atoms with Gasteiger partial charge in [0.2, 0.25) is 0 Å². The summed E-state index contributed by atoms with van der Waals surface area (Å²) in [7, 11) is 0. The van der Waals surface area contributed by atoms with Crippen LogP contribution in [-0.2, 0) is 14.3 Å². The zero-order chi connectivity index (χ0) is 11.3. The molecule has 0 heterocycles. The highest BCUT2D eigenvalue weighted by molar-refractivity contribution is 5.75. The lowest BCUT2D eigenvalue weighted by molar-refractivity contribution is -0.181. The zero-order valence-corrected chi connectivity index (χ0v) is 8.04. The minimum Gasteiger partial charge on any atom is -0.476 e. The lowest BCUT2D eigenvalue weighted by atomic mass is 10.3. The van der Waals surface area contributed by atoms with E-state index in [1.807, 2.05) is 0 Å². The first-order valence-corrected chi connectivity index (χ1v) is 4.21. The van der Waals surface area contributed by atoms with Gasteiger partial charge in [0.05, 0.1) is 0 Å². The van der Waals surface area contributed by atoms with E-state index in [1.165, 1.54) is 0 Å². The first-order valence-electron chi connectivity index (χ1n) is 4.21. The molecule has 1 rings (SSSR count). The van der Waals surface area contributed by atoms with Crippen molar-refractivity contribution < 1.29 is 24.2 Å². The molecule has 0 bridgehead atoms. The molecule has 15 heavy (non-hydrogen) atoms. The van der Waals surface area contributed by atoms with Crippen LogP contribution in [0.3, 0.4) is 0 Å². The molecule has 0 radical (unpaired) electrons. The van der Waals surface area contributed by atoms with Crippen molar-refractivity contribution in [2.45, 2.75) is 13.2 Å². The number of benzene rings is 1. The van der Waals surface area contributed by atoms with E-state index in [2.05, 4.69) is 4.74 Å². The summed E-state index contributed by atoms with van der Waals surface area (Å²) in [4.78, 5) is 21.2. The number of para-hydroxylation sites is 1. The molecule has 0 fully saturated rings. The number of carbonyl (C=O) groups excluding carboxylic acids is 1. The van der Waals surface area contributed by atoms with Gasteiger partial charge in [0.25, 0.3) is 0 Å². The average Bonchev–Trinajstić information content (AvgIpc) is 2.17. The number of rotatable bonds is 4. The van der Waals surface area contributed by atoms with Gasteiger partial charge in [-0.05, 0) is 12.1 Å². The first kappa shape index (κ1) is 11.0. The Balaban J connectivity index is 2.67. The molecule has 80 valence electrons. The highest BCUT2D eigenvalue weighted by atomic mass is 16.7. The highest BCUT2D eigenvalue weighted by Crippen LogP contribution is 2.11. The van der Waals surface area contributed by atoms with Gasteiger partial charge in [-0.1, -0.05) is 18.2 Å². The Hall–Kier alpha value is -2.04. The van der Waals surface area contributed by atoms with Crippen molar-refractivity contribution in [2.75, 3.05) is 0 Å². The van der Waals surface area contributed by atoms with Crippen LogP contribution in [0.4, 0.5) is 0 Å². The highest BCUT2D eigenvalue weighted by Gasteiger charge is 2.22. The molecule has 5 heteroatoms. The summed E-state index contributed by atoms with van der Waals surface area (Å²) >= 11 is 0. The summed E-state index contributed by atoms with van der Waals surface area (Å²) < 4.78 is 9.40. The third-order valence-electron chi connectivity index (χ3n) is 1.46. The van der Waals surface area contributed by atoms with E-state index in [4.69, 9.17) is 9.84 Å². The minimum atomic E-state index is -1.61. The van der Waals surface area contributed by atoms with E-state index in [-0.39, 0.29) is 0 Å². The van der Waals surface area contributed by atoms with Crippen LogP contribution in [0.2, 0.25) is 0 Å². The minimum absolute atomic E-state index is 0.325. The second-order valence-electron chi connectivity index (χ2n) is 2.71. The van der Waals surface area contributed by atoms with Crippen molar-refractivity contribution >= 4 is 11.9 Å². The summed E-state index contributed by atoms with van der Waals surface area (Å²) in [6.07, 6.45) is -1.61. The van der Waals surface area contributed by atoms with Gasteiger partial charge in [0, 0.05) is 6.92 Å². The molecule has 1 aromatic carbocycles.